The summed E-state index contributed by atoms with van der Waals surface area (Å²) in [5.41, 5.74) is 2.89. The third-order valence-corrected chi connectivity index (χ3v) is 4.59. The molecule has 0 spiro atoms. The highest BCUT2D eigenvalue weighted by atomic mass is 35.5. The highest BCUT2D eigenvalue weighted by molar-refractivity contribution is 6.36. The van der Waals surface area contributed by atoms with Crippen LogP contribution in [0.15, 0.2) is 48.8 Å². The third kappa shape index (κ3) is 3.83. The smallest absolute Gasteiger partial charge is 0.165 e. The van der Waals surface area contributed by atoms with Crippen molar-refractivity contribution in [2.45, 2.75) is 13.5 Å². The van der Waals surface area contributed by atoms with Gasteiger partial charge in [-0.25, -0.2) is 0 Å². The van der Waals surface area contributed by atoms with Crippen LogP contribution in [0.5, 0.6) is 11.5 Å². The standard InChI is InChI=1S/C18H17Cl2N3O/c1-12-17(19)8-3-13(18(12)20)9-21-14-4-6-15(7-5-14)24-16-10-22-23(2)11-16/h3-8,10-11,21H,9H2,1-2H3. The van der Waals surface area contributed by atoms with Crippen LogP contribution in [-0.4, -0.2) is 9.78 Å². The molecule has 0 saturated heterocycles. The first kappa shape index (κ1) is 16.7. The van der Waals surface area contributed by atoms with Crippen LogP contribution in [0.2, 0.25) is 10.0 Å². The number of aromatic nitrogens is 2. The summed E-state index contributed by atoms with van der Waals surface area (Å²) in [4.78, 5) is 0. The van der Waals surface area contributed by atoms with E-state index in [2.05, 4.69) is 10.4 Å². The topological polar surface area (TPSA) is 39.1 Å². The van der Waals surface area contributed by atoms with Crippen molar-refractivity contribution in [3.63, 3.8) is 0 Å². The van der Waals surface area contributed by atoms with Crippen molar-refractivity contribution in [1.29, 1.82) is 0 Å². The number of halogens is 2. The zero-order chi connectivity index (χ0) is 17.1. The summed E-state index contributed by atoms with van der Waals surface area (Å²) in [5, 5.41) is 8.80. The van der Waals surface area contributed by atoms with Crippen molar-refractivity contribution < 1.29 is 4.74 Å². The van der Waals surface area contributed by atoms with Crippen LogP contribution in [0, 0.1) is 6.92 Å². The van der Waals surface area contributed by atoms with Crippen LogP contribution in [0.4, 0.5) is 5.69 Å². The first-order valence-electron chi connectivity index (χ1n) is 7.47. The number of benzene rings is 2. The molecule has 124 valence electrons. The summed E-state index contributed by atoms with van der Waals surface area (Å²) >= 11 is 12.4. The minimum atomic E-state index is 0.625. The Labute approximate surface area is 151 Å². The van der Waals surface area contributed by atoms with E-state index in [1.807, 2.05) is 56.6 Å². The molecule has 6 heteroatoms. The molecular formula is C18H17Cl2N3O. The van der Waals surface area contributed by atoms with Gasteiger partial charge in [-0.2, -0.15) is 5.10 Å². The number of hydrogen-bond donors (Lipinski definition) is 1. The van der Waals surface area contributed by atoms with E-state index >= 15 is 0 Å². The van der Waals surface area contributed by atoms with E-state index in [1.165, 1.54) is 0 Å². The van der Waals surface area contributed by atoms with Crippen molar-refractivity contribution in [3.8, 4) is 11.5 Å². The first-order valence-corrected chi connectivity index (χ1v) is 8.22. The SMILES string of the molecule is Cc1c(Cl)ccc(CNc2ccc(Oc3cnn(C)c3)cc2)c1Cl. The molecule has 0 fully saturated rings. The fourth-order valence-electron chi connectivity index (χ4n) is 2.28. The minimum absolute atomic E-state index is 0.625. The molecule has 24 heavy (non-hydrogen) atoms. The van der Waals surface area contributed by atoms with Gasteiger partial charge in [0.2, 0.25) is 0 Å². The maximum absolute atomic E-state index is 6.33. The highest BCUT2D eigenvalue weighted by Crippen LogP contribution is 2.28. The van der Waals surface area contributed by atoms with Gasteiger partial charge in [0.05, 0.1) is 12.4 Å². The van der Waals surface area contributed by atoms with Crippen LogP contribution in [0.1, 0.15) is 11.1 Å². The lowest BCUT2D eigenvalue weighted by Gasteiger charge is -2.11. The Hall–Kier alpha value is -2.17. The van der Waals surface area contributed by atoms with E-state index in [-0.39, 0.29) is 0 Å². The molecule has 1 aromatic heterocycles. The molecular weight excluding hydrogens is 345 g/mol. The number of anilines is 1. The molecule has 4 nitrogen and oxygen atoms in total. The fraction of sp³-hybridized carbons (Fsp3) is 0.167. The second kappa shape index (κ2) is 7.16. The number of hydrogen-bond acceptors (Lipinski definition) is 3. The summed E-state index contributed by atoms with van der Waals surface area (Å²) in [7, 11) is 1.85. The van der Waals surface area contributed by atoms with Gasteiger partial charge in [-0.3, -0.25) is 4.68 Å². The van der Waals surface area contributed by atoms with Gasteiger partial charge in [0.15, 0.2) is 5.75 Å². The number of nitrogens with zero attached hydrogens (tertiary/aromatic N) is 2. The average molecular weight is 362 g/mol. The van der Waals surface area contributed by atoms with E-state index in [9.17, 15) is 0 Å². The maximum Gasteiger partial charge on any atom is 0.165 e. The summed E-state index contributed by atoms with van der Waals surface area (Å²) in [5.74, 6) is 1.47. The fourth-order valence-corrected chi connectivity index (χ4v) is 2.72. The molecule has 0 bridgehead atoms. The van der Waals surface area contributed by atoms with E-state index < -0.39 is 0 Å². The van der Waals surface area contributed by atoms with Gasteiger partial charge >= 0.3 is 0 Å². The van der Waals surface area contributed by atoms with Crippen molar-refractivity contribution >= 4 is 28.9 Å². The molecule has 1 heterocycles. The molecule has 1 N–H and O–H groups in total. The molecule has 0 aliphatic rings. The van der Waals surface area contributed by atoms with Crippen LogP contribution >= 0.6 is 23.2 Å². The Morgan fingerprint density at radius 2 is 1.83 bits per heavy atom. The second-order valence-corrected chi connectivity index (χ2v) is 6.26. The Balaban J connectivity index is 1.63. The number of nitrogens with one attached hydrogen (secondary N) is 1. The predicted molar refractivity (Wildman–Crippen MR) is 98.2 cm³/mol. The van der Waals surface area contributed by atoms with E-state index in [0.29, 0.717) is 22.3 Å². The van der Waals surface area contributed by atoms with Gasteiger partial charge in [-0.05, 0) is 48.4 Å². The lowest BCUT2D eigenvalue weighted by Crippen LogP contribution is -2.01. The van der Waals surface area contributed by atoms with Crippen LogP contribution in [-0.2, 0) is 13.6 Å². The van der Waals surface area contributed by atoms with Gasteiger partial charge in [-0.1, -0.05) is 29.3 Å². The molecule has 0 saturated carbocycles. The van der Waals surface area contributed by atoms with Gasteiger partial charge < -0.3 is 10.1 Å². The Morgan fingerprint density at radius 1 is 1.08 bits per heavy atom. The van der Waals surface area contributed by atoms with Crippen molar-refractivity contribution in [2.24, 2.45) is 7.05 Å². The van der Waals surface area contributed by atoms with Gasteiger partial charge in [0.25, 0.3) is 0 Å². The lowest BCUT2D eigenvalue weighted by atomic mass is 10.1. The molecule has 3 aromatic rings. The summed E-state index contributed by atoms with van der Waals surface area (Å²) in [6.07, 6.45) is 3.49. The van der Waals surface area contributed by atoms with Crippen molar-refractivity contribution in [1.82, 2.24) is 9.78 Å². The molecule has 0 radical (unpaired) electrons. The maximum atomic E-state index is 6.33. The van der Waals surface area contributed by atoms with Crippen molar-refractivity contribution in [2.75, 3.05) is 5.32 Å². The average Bonchev–Trinajstić information content (AvgIpc) is 2.98. The minimum Gasteiger partial charge on any atom is -0.454 e. The first-order chi connectivity index (χ1) is 11.5. The monoisotopic (exact) mass is 361 g/mol. The predicted octanol–water partition coefficient (Wildman–Crippen LogP) is 5.44. The summed E-state index contributed by atoms with van der Waals surface area (Å²) in [6, 6.07) is 11.5. The van der Waals surface area contributed by atoms with Crippen LogP contribution in [0.3, 0.4) is 0 Å². The normalized spacial score (nSPS) is 10.7. The Morgan fingerprint density at radius 3 is 2.50 bits per heavy atom. The second-order valence-electron chi connectivity index (χ2n) is 5.48. The highest BCUT2D eigenvalue weighted by Gasteiger charge is 2.07. The zero-order valence-corrected chi connectivity index (χ0v) is 14.9. The van der Waals surface area contributed by atoms with E-state index in [0.717, 1.165) is 22.6 Å². The summed E-state index contributed by atoms with van der Waals surface area (Å²) in [6.45, 7) is 2.54. The molecule has 0 aliphatic heterocycles. The molecule has 3 rings (SSSR count). The molecule has 2 aromatic carbocycles. The van der Waals surface area contributed by atoms with Crippen molar-refractivity contribution in [3.05, 3.63) is 70.0 Å². The van der Waals surface area contributed by atoms with Crippen LogP contribution < -0.4 is 10.1 Å². The number of aryl methyl sites for hydroxylation is 1. The molecule has 0 unspecified atom stereocenters. The van der Waals surface area contributed by atoms with Crippen LogP contribution in [0.25, 0.3) is 0 Å². The van der Waals surface area contributed by atoms with Gasteiger partial charge in [0, 0.05) is 29.3 Å². The largest absolute Gasteiger partial charge is 0.454 e. The zero-order valence-electron chi connectivity index (χ0n) is 13.4. The lowest BCUT2D eigenvalue weighted by molar-refractivity contribution is 0.482. The number of rotatable bonds is 5. The van der Waals surface area contributed by atoms with E-state index in [1.54, 1.807) is 10.9 Å². The Bertz CT molecular complexity index is 844. The summed E-state index contributed by atoms with van der Waals surface area (Å²) < 4.78 is 7.42. The van der Waals surface area contributed by atoms with E-state index in [4.69, 9.17) is 27.9 Å². The van der Waals surface area contributed by atoms with Gasteiger partial charge in [-0.15, -0.1) is 0 Å². The molecule has 0 aliphatic carbocycles. The number of ether oxygens (including phenoxy) is 1. The molecule has 0 atom stereocenters. The van der Waals surface area contributed by atoms with Gasteiger partial charge in [0.1, 0.15) is 5.75 Å². The molecule has 0 amide bonds. The quantitative estimate of drug-likeness (QED) is 0.657. The third-order valence-electron chi connectivity index (χ3n) is 3.65. The Kier molecular flexibility index (Phi) is 4.97.